The van der Waals surface area contributed by atoms with Crippen molar-refractivity contribution in [2.45, 2.75) is 31.2 Å². The molecule has 0 bridgehead atoms. The number of H-pyrrole nitrogens is 1. The number of nitrogens with one attached hydrogen (secondary N) is 1. The van der Waals surface area contributed by atoms with E-state index in [0.29, 0.717) is 5.82 Å². The lowest BCUT2D eigenvalue weighted by molar-refractivity contribution is 0.375. The van der Waals surface area contributed by atoms with Gasteiger partial charge in [-0.05, 0) is 12.8 Å². The van der Waals surface area contributed by atoms with E-state index >= 15 is 0 Å². The molecule has 1 aromatic heterocycles. The Bertz CT molecular complexity index is 322. The van der Waals surface area contributed by atoms with Gasteiger partial charge in [-0.3, -0.25) is 9.51 Å². The SMILES string of the molecule is Cl.N[C@H]1CCC[C@H]1c1noc(=O)[nH]1. The van der Waals surface area contributed by atoms with Gasteiger partial charge >= 0.3 is 5.76 Å². The first kappa shape index (κ1) is 10.3. The third-order valence-corrected chi connectivity index (χ3v) is 2.38. The lowest BCUT2D eigenvalue weighted by Crippen LogP contribution is -2.23. The van der Waals surface area contributed by atoms with Crippen molar-refractivity contribution in [1.82, 2.24) is 10.1 Å². The van der Waals surface area contributed by atoms with Gasteiger partial charge in [0.15, 0.2) is 5.82 Å². The van der Waals surface area contributed by atoms with Gasteiger partial charge in [-0.15, -0.1) is 12.4 Å². The molecule has 1 aliphatic carbocycles. The van der Waals surface area contributed by atoms with Gasteiger partial charge in [0, 0.05) is 12.0 Å². The monoisotopic (exact) mass is 205 g/mol. The van der Waals surface area contributed by atoms with Crippen molar-refractivity contribution in [2.75, 3.05) is 0 Å². The number of aromatic nitrogens is 2. The minimum atomic E-state index is -0.496. The zero-order chi connectivity index (χ0) is 8.55. The second-order valence-electron chi connectivity index (χ2n) is 3.18. The highest BCUT2D eigenvalue weighted by Crippen LogP contribution is 2.30. The van der Waals surface area contributed by atoms with Crippen LogP contribution < -0.4 is 11.5 Å². The quantitative estimate of drug-likeness (QED) is 0.694. The van der Waals surface area contributed by atoms with Crippen molar-refractivity contribution < 1.29 is 4.52 Å². The first-order valence-corrected chi connectivity index (χ1v) is 4.09. The summed E-state index contributed by atoms with van der Waals surface area (Å²) in [5, 5.41) is 3.63. The van der Waals surface area contributed by atoms with Crippen LogP contribution in [0.5, 0.6) is 0 Å². The average Bonchev–Trinajstić information content (AvgIpc) is 2.58. The molecule has 0 unspecified atom stereocenters. The van der Waals surface area contributed by atoms with E-state index in [-0.39, 0.29) is 24.4 Å². The minimum Gasteiger partial charge on any atom is -0.327 e. The summed E-state index contributed by atoms with van der Waals surface area (Å²) in [6.45, 7) is 0. The summed E-state index contributed by atoms with van der Waals surface area (Å²) in [6.07, 6.45) is 3.09. The van der Waals surface area contributed by atoms with Gasteiger partial charge in [0.2, 0.25) is 0 Å². The van der Waals surface area contributed by atoms with Gasteiger partial charge in [0.1, 0.15) is 0 Å². The normalized spacial score (nSPS) is 27.2. The fourth-order valence-corrected chi connectivity index (χ4v) is 1.73. The lowest BCUT2D eigenvalue weighted by Gasteiger charge is -2.09. The Morgan fingerprint density at radius 2 is 2.31 bits per heavy atom. The van der Waals surface area contributed by atoms with Crippen LogP contribution in [0.4, 0.5) is 0 Å². The number of hydrogen-bond acceptors (Lipinski definition) is 4. The van der Waals surface area contributed by atoms with E-state index in [1.807, 2.05) is 0 Å². The second kappa shape index (κ2) is 3.93. The molecule has 0 radical (unpaired) electrons. The zero-order valence-electron chi connectivity index (χ0n) is 7.03. The smallest absolute Gasteiger partial charge is 0.327 e. The van der Waals surface area contributed by atoms with Gasteiger partial charge in [-0.25, -0.2) is 4.79 Å². The number of aromatic amines is 1. The summed E-state index contributed by atoms with van der Waals surface area (Å²) in [5.41, 5.74) is 5.82. The van der Waals surface area contributed by atoms with Crippen LogP contribution in [0.3, 0.4) is 0 Å². The van der Waals surface area contributed by atoms with Crippen molar-refractivity contribution in [1.29, 1.82) is 0 Å². The minimum absolute atomic E-state index is 0. The molecule has 1 fully saturated rings. The average molecular weight is 206 g/mol. The van der Waals surface area contributed by atoms with E-state index in [2.05, 4.69) is 14.7 Å². The van der Waals surface area contributed by atoms with Crippen LogP contribution >= 0.6 is 12.4 Å². The van der Waals surface area contributed by atoms with Crippen molar-refractivity contribution in [3.63, 3.8) is 0 Å². The molecule has 2 rings (SSSR count). The zero-order valence-corrected chi connectivity index (χ0v) is 7.84. The van der Waals surface area contributed by atoms with Crippen molar-refractivity contribution in [2.24, 2.45) is 5.73 Å². The van der Waals surface area contributed by atoms with Crippen LogP contribution in [-0.4, -0.2) is 16.2 Å². The van der Waals surface area contributed by atoms with Gasteiger partial charge in [0.25, 0.3) is 0 Å². The molecule has 1 aromatic rings. The molecule has 0 spiro atoms. The largest absolute Gasteiger partial charge is 0.438 e. The molecule has 3 N–H and O–H groups in total. The molecule has 0 saturated heterocycles. The Balaban J connectivity index is 0.000000845. The van der Waals surface area contributed by atoms with E-state index in [9.17, 15) is 4.79 Å². The van der Waals surface area contributed by atoms with Gasteiger partial charge in [-0.2, -0.15) is 0 Å². The highest BCUT2D eigenvalue weighted by molar-refractivity contribution is 5.85. The molecule has 13 heavy (non-hydrogen) atoms. The van der Waals surface area contributed by atoms with E-state index in [1.165, 1.54) is 0 Å². The van der Waals surface area contributed by atoms with Crippen molar-refractivity contribution in [3.05, 3.63) is 16.4 Å². The molecule has 1 aliphatic rings. The van der Waals surface area contributed by atoms with Crippen LogP contribution in [0.1, 0.15) is 31.0 Å². The number of halogens is 1. The second-order valence-corrected chi connectivity index (χ2v) is 3.18. The highest BCUT2D eigenvalue weighted by atomic mass is 35.5. The molecule has 0 amide bonds. The highest BCUT2D eigenvalue weighted by Gasteiger charge is 2.28. The third kappa shape index (κ3) is 1.92. The standard InChI is InChI=1S/C7H11N3O2.ClH/c8-5-3-1-2-4(5)6-9-7(11)12-10-6;/h4-5H,1-3,8H2,(H,9,10,11);1H/t4-,5+;/m1./s1. The molecule has 5 nitrogen and oxygen atoms in total. The van der Waals surface area contributed by atoms with Crippen molar-refractivity contribution >= 4 is 12.4 Å². The van der Waals surface area contributed by atoms with E-state index in [4.69, 9.17) is 5.73 Å². The third-order valence-electron chi connectivity index (χ3n) is 2.38. The first-order chi connectivity index (χ1) is 5.77. The van der Waals surface area contributed by atoms with E-state index < -0.39 is 5.76 Å². The number of rotatable bonds is 1. The molecule has 1 saturated carbocycles. The Labute approximate surface area is 81.1 Å². The maximum atomic E-state index is 10.6. The summed E-state index contributed by atoms with van der Waals surface area (Å²) in [4.78, 5) is 13.2. The van der Waals surface area contributed by atoms with Gasteiger partial charge in [0.05, 0.1) is 0 Å². The fraction of sp³-hybridized carbons (Fsp3) is 0.714. The lowest BCUT2D eigenvalue weighted by atomic mass is 10.0. The van der Waals surface area contributed by atoms with E-state index in [0.717, 1.165) is 19.3 Å². The van der Waals surface area contributed by atoms with Crippen LogP contribution in [0.2, 0.25) is 0 Å². The van der Waals surface area contributed by atoms with Crippen molar-refractivity contribution in [3.8, 4) is 0 Å². The summed E-state index contributed by atoms with van der Waals surface area (Å²) in [5.74, 6) is 0.283. The predicted octanol–water partition coefficient (Wildman–Crippen LogP) is 0.379. The summed E-state index contributed by atoms with van der Waals surface area (Å²) in [7, 11) is 0. The molecule has 74 valence electrons. The molecular weight excluding hydrogens is 194 g/mol. The van der Waals surface area contributed by atoms with Crippen LogP contribution in [0, 0.1) is 0 Å². The first-order valence-electron chi connectivity index (χ1n) is 4.09. The number of nitrogens with two attached hydrogens (primary N) is 1. The Kier molecular flexibility index (Phi) is 3.11. The number of hydrogen-bond donors (Lipinski definition) is 2. The van der Waals surface area contributed by atoms with Crippen LogP contribution in [0.25, 0.3) is 0 Å². The van der Waals surface area contributed by atoms with Gasteiger partial charge in [-0.1, -0.05) is 11.6 Å². The topological polar surface area (TPSA) is 84.9 Å². The predicted molar refractivity (Wildman–Crippen MR) is 48.9 cm³/mol. The van der Waals surface area contributed by atoms with Crippen LogP contribution in [-0.2, 0) is 0 Å². The molecule has 0 aliphatic heterocycles. The maximum absolute atomic E-state index is 10.6. The maximum Gasteiger partial charge on any atom is 0.438 e. The Morgan fingerprint density at radius 3 is 2.77 bits per heavy atom. The molecule has 0 aromatic carbocycles. The Morgan fingerprint density at radius 1 is 1.54 bits per heavy atom. The van der Waals surface area contributed by atoms with Gasteiger partial charge < -0.3 is 5.73 Å². The molecule has 2 atom stereocenters. The molecular formula is C7H12ClN3O2. The molecule has 1 heterocycles. The van der Waals surface area contributed by atoms with Crippen LogP contribution in [0.15, 0.2) is 9.32 Å². The summed E-state index contributed by atoms with van der Waals surface area (Å²) in [6, 6.07) is 0.116. The summed E-state index contributed by atoms with van der Waals surface area (Å²) >= 11 is 0. The summed E-state index contributed by atoms with van der Waals surface area (Å²) < 4.78 is 4.41. The van der Waals surface area contributed by atoms with E-state index in [1.54, 1.807) is 0 Å². The fourth-order valence-electron chi connectivity index (χ4n) is 1.73. The Hall–Kier alpha value is -0.810. The number of nitrogens with zero attached hydrogens (tertiary/aromatic N) is 1. The molecule has 6 heteroatoms.